The second-order valence-electron chi connectivity index (χ2n) is 6.02. The van der Waals surface area contributed by atoms with Crippen LogP contribution in [0.3, 0.4) is 0 Å². The van der Waals surface area contributed by atoms with Crippen molar-refractivity contribution in [3.05, 3.63) is 64.0 Å². The third-order valence-corrected chi connectivity index (χ3v) is 4.88. The minimum Gasteiger partial charge on any atom is -0.337 e. The minimum absolute atomic E-state index is 0.147. The van der Waals surface area contributed by atoms with Crippen LogP contribution in [0.25, 0.3) is 22.4 Å². The SMILES string of the molecule is CCn1nccc1NC(=O)c1cc(Cl)c2[nH]c(-c3c(F)cccc3Cl)nc2c1. The lowest BCUT2D eigenvalue weighted by atomic mass is 10.2. The van der Waals surface area contributed by atoms with E-state index in [1.807, 2.05) is 6.92 Å². The van der Waals surface area contributed by atoms with Crippen LogP contribution in [0.15, 0.2) is 42.6 Å². The molecule has 0 aliphatic rings. The van der Waals surface area contributed by atoms with E-state index in [4.69, 9.17) is 23.2 Å². The number of amides is 1. The number of hydrogen-bond acceptors (Lipinski definition) is 3. The van der Waals surface area contributed by atoms with Gasteiger partial charge in [-0.25, -0.2) is 14.1 Å². The summed E-state index contributed by atoms with van der Waals surface area (Å²) in [7, 11) is 0. The molecule has 28 heavy (non-hydrogen) atoms. The Morgan fingerprint density at radius 3 is 2.82 bits per heavy atom. The third kappa shape index (κ3) is 3.23. The normalized spacial score (nSPS) is 11.1. The van der Waals surface area contributed by atoms with E-state index in [2.05, 4.69) is 20.4 Å². The summed E-state index contributed by atoms with van der Waals surface area (Å²) in [5.74, 6) is -0.0489. The van der Waals surface area contributed by atoms with Crippen LogP contribution in [-0.2, 0) is 6.54 Å². The van der Waals surface area contributed by atoms with Crippen LogP contribution in [0, 0.1) is 5.82 Å². The summed E-state index contributed by atoms with van der Waals surface area (Å²) in [5, 5.41) is 7.42. The molecule has 2 aromatic carbocycles. The predicted molar refractivity (Wildman–Crippen MR) is 107 cm³/mol. The van der Waals surface area contributed by atoms with Crippen LogP contribution in [0.4, 0.5) is 10.2 Å². The van der Waals surface area contributed by atoms with E-state index in [0.29, 0.717) is 29.0 Å². The highest BCUT2D eigenvalue weighted by Gasteiger charge is 2.18. The summed E-state index contributed by atoms with van der Waals surface area (Å²) >= 11 is 12.4. The van der Waals surface area contributed by atoms with Gasteiger partial charge in [0.1, 0.15) is 17.5 Å². The number of benzene rings is 2. The maximum Gasteiger partial charge on any atom is 0.256 e. The van der Waals surface area contributed by atoms with Crippen molar-refractivity contribution in [2.45, 2.75) is 13.5 Å². The molecule has 0 aliphatic heterocycles. The van der Waals surface area contributed by atoms with Crippen LogP contribution in [0.1, 0.15) is 17.3 Å². The molecule has 6 nitrogen and oxygen atoms in total. The van der Waals surface area contributed by atoms with Gasteiger partial charge in [0.2, 0.25) is 0 Å². The minimum atomic E-state index is -0.506. The summed E-state index contributed by atoms with van der Waals surface area (Å²) < 4.78 is 15.9. The fourth-order valence-electron chi connectivity index (χ4n) is 2.92. The van der Waals surface area contributed by atoms with E-state index >= 15 is 0 Å². The molecule has 2 aromatic heterocycles. The van der Waals surface area contributed by atoms with E-state index in [1.165, 1.54) is 18.2 Å². The van der Waals surface area contributed by atoms with E-state index in [0.717, 1.165) is 0 Å². The standard InChI is InChI=1S/C19H14Cl2FN5O/c1-2-27-15(6-7-23-27)25-19(28)10-8-12(21)17-14(9-10)24-18(26-17)16-11(20)4-3-5-13(16)22/h3-9H,2H2,1H3,(H,24,26)(H,25,28). The number of nitrogens with zero attached hydrogens (tertiary/aromatic N) is 3. The van der Waals surface area contributed by atoms with Gasteiger partial charge in [0, 0.05) is 18.2 Å². The van der Waals surface area contributed by atoms with Crippen molar-refractivity contribution in [3.63, 3.8) is 0 Å². The van der Waals surface area contributed by atoms with E-state index < -0.39 is 5.82 Å². The van der Waals surface area contributed by atoms with Gasteiger partial charge in [-0.2, -0.15) is 5.10 Å². The fraction of sp³-hybridized carbons (Fsp3) is 0.105. The quantitative estimate of drug-likeness (QED) is 0.482. The average molecular weight is 418 g/mol. The molecular weight excluding hydrogens is 404 g/mol. The second kappa shape index (κ2) is 7.26. The van der Waals surface area contributed by atoms with E-state index in [1.54, 1.807) is 29.1 Å². The number of fused-ring (bicyclic) bond motifs is 1. The Labute approximate surface area is 169 Å². The van der Waals surface area contributed by atoms with Crippen LogP contribution < -0.4 is 5.32 Å². The van der Waals surface area contributed by atoms with Gasteiger partial charge in [0.05, 0.1) is 32.8 Å². The van der Waals surface area contributed by atoms with Crippen molar-refractivity contribution in [3.8, 4) is 11.4 Å². The topological polar surface area (TPSA) is 75.6 Å². The lowest BCUT2D eigenvalue weighted by Gasteiger charge is -2.07. The summed E-state index contributed by atoms with van der Waals surface area (Å²) in [6, 6.07) is 9.19. The van der Waals surface area contributed by atoms with Gasteiger partial charge in [0.15, 0.2) is 0 Å². The van der Waals surface area contributed by atoms with Crippen molar-refractivity contribution < 1.29 is 9.18 Å². The Balaban J connectivity index is 1.73. The molecule has 0 saturated heterocycles. The largest absolute Gasteiger partial charge is 0.337 e. The van der Waals surface area contributed by atoms with Gasteiger partial charge < -0.3 is 10.3 Å². The second-order valence-corrected chi connectivity index (χ2v) is 6.83. The van der Waals surface area contributed by atoms with Crippen molar-refractivity contribution in [1.29, 1.82) is 0 Å². The molecule has 0 bridgehead atoms. The van der Waals surface area contributed by atoms with Crippen LogP contribution in [0.2, 0.25) is 10.0 Å². The van der Waals surface area contributed by atoms with Gasteiger partial charge in [-0.15, -0.1) is 0 Å². The molecule has 0 aliphatic carbocycles. The first-order valence-corrected chi connectivity index (χ1v) is 9.20. The van der Waals surface area contributed by atoms with E-state index in [9.17, 15) is 9.18 Å². The fourth-order valence-corrected chi connectivity index (χ4v) is 3.44. The van der Waals surface area contributed by atoms with Crippen LogP contribution in [-0.4, -0.2) is 25.7 Å². The van der Waals surface area contributed by atoms with E-state index in [-0.39, 0.29) is 27.3 Å². The molecule has 1 amide bonds. The average Bonchev–Trinajstić information content (AvgIpc) is 3.28. The highest BCUT2D eigenvalue weighted by Crippen LogP contribution is 2.32. The van der Waals surface area contributed by atoms with Gasteiger partial charge >= 0.3 is 0 Å². The number of aromatic amines is 1. The lowest BCUT2D eigenvalue weighted by molar-refractivity contribution is 0.102. The van der Waals surface area contributed by atoms with Crippen molar-refractivity contribution in [2.24, 2.45) is 0 Å². The Morgan fingerprint density at radius 2 is 2.07 bits per heavy atom. The smallest absolute Gasteiger partial charge is 0.256 e. The zero-order valence-electron chi connectivity index (χ0n) is 14.6. The van der Waals surface area contributed by atoms with Gasteiger partial charge in [-0.05, 0) is 31.2 Å². The maximum atomic E-state index is 14.2. The molecule has 0 fully saturated rings. The number of halogens is 3. The van der Waals surface area contributed by atoms with Gasteiger partial charge in [-0.3, -0.25) is 4.79 Å². The summed E-state index contributed by atoms with van der Waals surface area (Å²) in [5.41, 5.74) is 1.38. The maximum absolute atomic E-state index is 14.2. The van der Waals surface area contributed by atoms with Crippen molar-refractivity contribution >= 4 is 46.0 Å². The zero-order chi connectivity index (χ0) is 19.8. The number of carbonyl (C=O) groups excluding carboxylic acids is 1. The zero-order valence-corrected chi connectivity index (χ0v) is 16.1. The number of carbonyl (C=O) groups is 1. The molecule has 0 radical (unpaired) electrons. The highest BCUT2D eigenvalue weighted by molar-refractivity contribution is 6.36. The predicted octanol–water partition coefficient (Wildman–Crippen LogP) is 5.14. The molecule has 0 unspecified atom stereocenters. The third-order valence-electron chi connectivity index (χ3n) is 4.26. The number of anilines is 1. The van der Waals surface area contributed by atoms with Gasteiger partial charge in [-0.1, -0.05) is 29.3 Å². The van der Waals surface area contributed by atoms with Crippen LogP contribution >= 0.6 is 23.2 Å². The molecule has 2 N–H and O–H groups in total. The summed E-state index contributed by atoms with van der Waals surface area (Å²) in [6.07, 6.45) is 1.60. The van der Waals surface area contributed by atoms with Crippen molar-refractivity contribution in [2.75, 3.05) is 5.32 Å². The molecular formula is C19H14Cl2FN5O. The summed E-state index contributed by atoms with van der Waals surface area (Å²) in [6.45, 7) is 2.54. The highest BCUT2D eigenvalue weighted by atomic mass is 35.5. The Bertz CT molecular complexity index is 1180. The Morgan fingerprint density at radius 1 is 1.25 bits per heavy atom. The first-order chi connectivity index (χ1) is 13.5. The monoisotopic (exact) mass is 417 g/mol. The number of aromatic nitrogens is 4. The first-order valence-electron chi connectivity index (χ1n) is 8.44. The molecule has 0 atom stereocenters. The number of H-pyrrole nitrogens is 1. The molecule has 142 valence electrons. The summed E-state index contributed by atoms with van der Waals surface area (Å²) in [4.78, 5) is 20.0. The Hall–Kier alpha value is -2.90. The van der Waals surface area contributed by atoms with Crippen LogP contribution in [0.5, 0.6) is 0 Å². The number of nitrogens with one attached hydrogen (secondary N) is 2. The molecule has 4 rings (SSSR count). The van der Waals surface area contributed by atoms with Crippen molar-refractivity contribution in [1.82, 2.24) is 19.7 Å². The first kappa shape index (κ1) is 18.5. The Kier molecular flexibility index (Phi) is 4.78. The molecule has 9 heteroatoms. The number of aryl methyl sites for hydroxylation is 1. The lowest BCUT2D eigenvalue weighted by Crippen LogP contribution is -2.15. The molecule has 0 saturated carbocycles. The van der Waals surface area contributed by atoms with Gasteiger partial charge in [0.25, 0.3) is 5.91 Å². The number of hydrogen-bond donors (Lipinski definition) is 2. The molecule has 4 aromatic rings. The number of imidazole rings is 1. The molecule has 0 spiro atoms. The molecule has 2 heterocycles. The number of rotatable bonds is 4.